The number of allylic oxidation sites excluding steroid dienone is 2. The number of carbonyl (C=O) groups excluding carboxylic acids is 1. The van der Waals surface area contributed by atoms with Gasteiger partial charge in [0.25, 0.3) is 0 Å². The smallest absolute Gasteiger partial charge is 0.383 e. The van der Waals surface area contributed by atoms with Gasteiger partial charge in [0.1, 0.15) is 11.3 Å². The minimum absolute atomic E-state index is 0.0575. The van der Waals surface area contributed by atoms with Crippen LogP contribution in [0.15, 0.2) is 51.7 Å². The van der Waals surface area contributed by atoms with Gasteiger partial charge < -0.3 is 18.6 Å². The van der Waals surface area contributed by atoms with Gasteiger partial charge in [-0.05, 0) is 37.8 Å². The van der Waals surface area contributed by atoms with Crippen LogP contribution in [-0.4, -0.2) is 19.2 Å². The van der Waals surface area contributed by atoms with Gasteiger partial charge in [-0.1, -0.05) is 38.2 Å². The van der Waals surface area contributed by atoms with Gasteiger partial charge in [-0.25, -0.2) is 4.79 Å². The summed E-state index contributed by atoms with van der Waals surface area (Å²) in [6.45, 7) is 6.16. The largest absolute Gasteiger partial charge is 0.488 e. The number of fused-ring (bicyclic) bond motifs is 1. The topological polar surface area (TPSA) is 75.0 Å². The molecule has 6 heteroatoms. The van der Waals surface area contributed by atoms with E-state index in [9.17, 15) is 9.59 Å². The molecule has 0 radical (unpaired) electrons. The van der Waals surface area contributed by atoms with E-state index in [2.05, 4.69) is 19.9 Å². The fourth-order valence-corrected chi connectivity index (χ4v) is 2.66. The maximum atomic E-state index is 12.5. The fraction of sp³-hybridized carbons (Fsp3) is 0.391. The summed E-state index contributed by atoms with van der Waals surface area (Å²) in [4.78, 5) is 23.7. The molecule has 0 amide bonds. The highest BCUT2D eigenvalue weighted by atomic mass is 16.5. The third-order valence-corrected chi connectivity index (χ3v) is 3.92. The lowest BCUT2D eigenvalue weighted by Gasteiger charge is -2.13. The molecule has 1 aromatic carbocycles. The highest BCUT2D eigenvalue weighted by Gasteiger charge is 2.18. The molecule has 0 N–H and O–H groups in total. The van der Waals surface area contributed by atoms with Crippen molar-refractivity contribution in [3.05, 3.63) is 52.9 Å². The normalized spacial score (nSPS) is 11.4. The van der Waals surface area contributed by atoms with Gasteiger partial charge >= 0.3 is 11.6 Å². The zero-order chi connectivity index (χ0) is 21.1. The Labute approximate surface area is 170 Å². The van der Waals surface area contributed by atoms with E-state index in [1.807, 2.05) is 18.2 Å². The van der Waals surface area contributed by atoms with Gasteiger partial charge in [-0.2, -0.15) is 0 Å². The number of rotatable bonds is 11. The first-order chi connectivity index (χ1) is 14.1. The van der Waals surface area contributed by atoms with Gasteiger partial charge in [-0.3, -0.25) is 4.79 Å². The van der Waals surface area contributed by atoms with Gasteiger partial charge in [0.2, 0.25) is 5.75 Å². The first kappa shape index (κ1) is 22.3. The van der Waals surface area contributed by atoms with Crippen molar-refractivity contribution >= 4 is 16.9 Å². The van der Waals surface area contributed by atoms with E-state index in [0.717, 1.165) is 12.8 Å². The van der Waals surface area contributed by atoms with Crippen LogP contribution in [0.5, 0.6) is 17.2 Å². The molecule has 0 aliphatic rings. The highest BCUT2D eigenvalue weighted by molar-refractivity contribution is 5.87. The van der Waals surface area contributed by atoms with Crippen LogP contribution in [0.1, 0.15) is 46.5 Å². The quantitative estimate of drug-likeness (QED) is 0.170. The maximum absolute atomic E-state index is 12.5. The van der Waals surface area contributed by atoms with Crippen molar-refractivity contribution in [2.75, 3.05) is 13.2 Å². The lowest BCUT2D eigenvalue weighted by molar-refractivity contribution is -0.131. The Kier molecular flexibility index (Phi) is 9.02. The Balaban J connectivity index is 2.34. The maximum Gasteiger partial charge on any atom is 0.383 e. The van der Waals surface area contributed by atoms with Crippen molar-refractivity contribution in [1.82, 2.24) is 0 Å². The van der Waals surface area contributed by atoms with Crippen molar-refractivity contribution in [3.8, 4) is 17.2 Å². The molecule has 0 atom stereocenters. The average molecular weight is 400 g/mol. The van der Waals surface area contributed by atoms with Crippen LogP contribution >= 0.6 is 0 Å². The van der Waals surface area contributed by atoms with E-state index < -0.39 is 11.6 Å². The minimum atomic E-state index is -0.629. The first-order valence-electron chi connectivity index (χ1n) is 9.91. The van der Waals surface area contributed by atoms with Gasteiger partial charge in [-0.15, -0.1) is 0 Å². The molecule has 1 heterocycles. The van der Waals surface area contributed by atoms with Crippen LogP contribution in [0.25, 0.3) is 11.0 Å². The summed E-state index contributed by atoms with van der Waals surface area (Å²) in [6.07, 6.45) is 11.4. The van der Waals surface area contributed by atoms with E-state index in [0.29, 0.717) is 42.9 Å². The summed E-state index contributed by atoms with van der Waals surface area (Å²) >= 11 is 0. The minimum Gasteiger partial charge on any atom is -0.488 e. The van der Waals surface area contributed by atoms with Crippen molar-refractivity contribution in [2.45, 2.75) is 46.5 Å². The number of esters is 1. The van der Waals surface area contributed by atoms with E-state index in [1.165, 1.54) is 13.0 Å². The van der Waals surface area contributed by atoms with Crippen molar-refractivity contribution in [1.29, 1.82) is 0 Å². The summed E-state index contributed by atoms with van der Waals surface area (Å²) in [5, 5.41) is 0.582. The molecular weight excluding hydrogens is 372 g/mol. The average Bonchev–Trinajstić information content (AvgIpc) is 2.68. The number of ether oxygens (including phenoxy) is 3. The fourth-order valence-electron chi connectivity index (χ4n) is 2.66. The van der Waals surface area contributed by atoms with Crippen LogP contribution < -0.4 is 19.8 Å². The van der Waals surface area contributed by atoms with Crippen LogP contribution in [0.3, 0.4) is 0 Å². The molecule has 0 fully saturated rings. The Bertz CT molecular complexity index is 923. The van der Waals surface area contributed by atoms with Crippen molar-refractivity contribution < 1.29 is 23.4 Å². The third-order valence-electron chi connectivity index (χ3n) is 3.92. The molecule has 0 unspecified atom stereocenters. The molecule has 2 aromatic rings. The predicted octanol–water partition coefficient (Wildman–Crippen LogP) is 5.19. The summed E-state index contributed by atoms with van der Waals surface area (Å²) in [5.41, 5.74) is -0.359. The molecule has 0 bridgehead atoms. The van der Waals surface area contributed by atoms with E-state index >= 15 is 0 Å². The molecule has 0 saturated heterocycles. The van der Waals surface area contributed by atoms with Crippen LogP contribution in [-0.2, 0) is 4.79 Å². The number of benzene rings is 1. The molecule has 0 spiro atoms. The van der Waals surface area contributed by atoms with Crippen LogP contribution in [0.2, 0.25) is 0 Å². The molecule has 29 heavy (non-hydrogen) atoms. The van der Waals surface area contributed by atoms with E-state index in [1.54, 1.807) is 12.1 Å². The second-order valence-corrected chi connectivity index (χ2v) is 6.33. The highest BCUT2D eigenvalue weighted by Crippen LogP contribution is 2.35. The standard InChI is InChI=1S/C23H28O6/c1-4-6-8-10-14-26-21-19-13-12-18(28-17(3)24)16-20(19)29-23(25)22(21)27-15-11-9-7-5-2/h6-9,12-13,16H,4-5,10-11,14-15H2,1-3H3. The summed E-state index contributed by atoms with van der Waals surface area (Å²) in [6, 6.07) is 4.81. The molecular formula is C23H28O6. The lowest BCUT2D eigenvalue weighted by atomic mass is 10.2. The second kappa shape index (κ2) is 11.7. The summed E-state index contributed by atoms with van der Waals surface area (Å²) in [7, 11) is 0. The summed E-state index contributed by atoms with van der Waals surface area (Å²) in [5.74, 6) is 0.242. The molecule has 0 saturated carbocycles. The molecule has 0 aliphatic carbocycles. The van der Waals surface area contributed by atoms with Gasteiger partial charge in [0, 0.05) is 13.0 Å². The third kappa shape index (κ3) is 6.82. The number of hydrogen-bond donors (Lipinski definition) is 0. The van der Waals surface area contributed by atoms with E-state index in [-0.39, 0.29) is 11.3 Å². The Morgan fingerprint density at radius 1 is 0.966 bits per heavy atom. The Morgan fingerprint density at radius 2 is 1.59 bits per heavy atom. The van der Waals surface area contributed by atoms with Crippen LogP contribution in [0, 0.1) is 0 Å². The Hall–Kier alpha value is -3.02. The number of carbonyl (C=O) groups is 1. The van der Waals surface area contributed by atoms with Crippen molar-refractivity contribution in [2.24, 2.45) is 0 Å². The van der Waals surface area contributed by atoms with Gasteiger partial charge in [0.15, 0.2) is 5.75 Å². The van der Waals surface area contributed by atoms with E-state index in [4.69, 9.17) is 18.6 Å². The van der Waals surface area contributed by atoms with Gasteiger partial charge in [0.05, 0.1) is 18.6 Å². The van der Waals surface area contributed by atoms with Crippen molar-refractivity contribution in [3.63, 3.8) is 0 Å². The summed E-state index contributed by atoms with van der Waals surface area (Å²) < 4.78 is 22.1. The predicted molar refractivity (Wildman–Crippen MR) is 113 cm³/mol. The zero-order valence-electron chi connectivity index (χ0n) is 17.2. The zero-order valence-corrected chi connectivity index (χ0v) is 17.2. The second-order valence-electron chi connectivity index (χ2n) is 6.33. The molecule has 0 aliphatic heterocycles. The molecule has 2 rings (SSSR count). The van der Waals surface area contributed by atoms with Crippen LogP contribution in [0.4, 0.5) is 0 Å². The SMILES string of the molecule is CCC=CCCOc1c(OCCC=CCC)c2ccc(OC(C)=O)cc2oc1=O. The first-order valence-corrected chi connectivity index (χ1v) is 9.91. The Morgan fingerprint density at radius 3 is 2.17 bits per heavy atom. The monoisotopic (exact) mass is 400 g/mol. The number of hydrogen-bond acceptors (Lipinski definition) is 6. The molecule has 156 valence electrons. The lowest BCUT2D eigenvalue weighted by Crippen LogP contribution is -2.11. The molecule has 6 nitrogen and oxygen atoms in total. The molecule has 1 aromatic heterocycles.